The molecule has 7 rings (SSSR count). The van der Waals surface area contributed by atoms with Crippen LogP contribution in [0.2, 0.25) is 38.3 Å². The molecule has 0 spiro atoms. The van der Waals surface area contributed by atoms with Crippen molar-refractivity contribution in [3.05, 3.63) is 82.9 Å². The van der Waals surface area contributed by atoms with Crippen LogP contribution >= 0.6 is 0 Å². The van der Waals surface area contributed by atoms with E-state index < -0.39 is 16.6 Å². The van der Waals surface area contributed by atoms with Crippen molar-refractivity contribution in [3.8, 4) is 0 Å². The number of fused-ring (bicyclic) bond motifs is 2. The highest BCUT2D eigenvalue weighted by molar-refractivity contribution is 6.84. The topological polar surface area (TPSA) is 110 Å². The van der Waals surface area contributed by atoms with Gasteiger partial charge in [0.1, 0.15) is 0 Å². The number of hydrogen-bond donors (Lipinski definition) is 0. The largest absolute Gasteiger partial charge is 0.462 e. The van der Waals surface area contributed by atoms with Gasteiger partial charge in [0, 0.05) is 51.2 Å². The van der Waals surface area contributed by atoms with Crippen molar-refractivity contribution in [1.29, 1.82) is 0 Å². The van der Waals surface area contributed by atoms with Crippen LogP contribution < -0.4 is 0 Å². The van der Waals surface area contributed by atoms with Gasteiger partial charge in [-0.1, -0.05) is 83.2 Å². The lowest BCUT2D eigenvalue weighted by Crippen LogP contribution is -2.47. The number of unbranched alkanes of at least 4 members (excludes halogenated alkanes) is 4. The number of nitrogens with zero attached hydrogens (tertiary/aromatic N) is 2. The average molecular weight is 845 g/mol. The van der Waals surface area contributed by atoms with Crippen molar-refractivity contribution in [2.45, 2.75) is 129 Å². The summed E-state index contributed by atoms with van der Waals surface area (Å²) in [5.74, 6) is -1.40. The SMILES string of the molecule is C=C(C)C(=O)OCCC[Si](C)(C)O[Si](C)(C)CCCN1C(=O)c2ccc3c4ccc5c6c(ccc(c7ccc(c2c37)C1=O)c64)C(=O)N(C(CCCCC)CCCCC)C5=O. The molecular formula is C49H60N2O7Si2. The summed E-state index contributed by atoms with van der Waals surface area (Å²) in [5.41, 5.74) is 2.51. The first-order chi connectivity index (χ1) is 28.6. The second-order valence-corrected chi connectivity index (χ2v) is 27.1. The Morgan fingerprint density at radius 1 is 0.600 bits per heavy atom. The smallest absolute Gasteiger partial charge is 0.333 e. The van der Waals surface area contributed by atoms with Crippen LogP contribution in [0.4, 0.5) is 0 Å². The minimum atomic E-state index is -2.15. The number of rotatable bonds is 20. The highest BCUT2D eigenvalue weighted by Crippen LogP contribution is 2.46. The van der Waals surface area contributed by atoms with E-state index in [0.29, 0.717) is 58.2 Å². The van der Waals surface area contributed by atoms with Gasteiger partial charge in [0.05, 0.1) is 6.61 Å². The Morgan fingerprint density at radius 3 is 1.43 bits per heavy atom. The summed E-state index contributed by atoms with van der Waals surface area (Å²) in [6.07, 6.45) is 9.24. The molecule has 0 radical (unpaired) electrons. The van der Waals surface area contributed by atoms with Crippen LogP contribution in [-0.2, 0) is 13.6 Å². The number of esters is 1. The fourth-order valence-electron chi connectivity index (χ4n) is 9.83. The van der Waals surface area contributed by atoms with E-state index in [2.05, 4.69) is 46.6 Å². The normalized spacial score (nSPS) is 14.6. The Labute approximate surface area is 356 Å². The van der Waals surface area contributed by atoms with Crippen molar-refractivity contribution in [1.82, 2.24) is 9.80 Å². The van der Waals surface area contributed by atoms with Crippen LogP contribution in [0.25, 0.3) is 43.1 Å². The monoisotopic (exact) mass is 844 g/mol. The van der Waals surface area contributed by atoms with Crippen LogP contribution in [0.1, 0.15) is 126 Å². The highest BCUT2D eigenvalue weighted by Gasteiger charge is 2.40. The Morgan fingerprint density at radius 2 is 1.02 bits per heavy atom. The van der Waals surface area contributed by atoms with Crippen molar-refractivity contribution >= 4 is 89.3 Å². The summed E-state index contributed by atoms with van der Waals surface area (Å²) in [5, 5.41) is 6.65. The summed E-state index contributed by atoms with van der Waals surface area (Å²) in [6, 6.07) is 16.9. The summed E-state index contributed by atoms with van der Waals surface area (Å²) >= 11 is 0. The number of imide groups is 2. The van der Waals surface area contributed by atoms with Gasteiger partial charge in [-0.15, -0.1) is 0 Å². The molecule has 2 heterocycles. The third kappa shape index (κ3) is 8.08. The van der Waals surface area contributed by atoms with E-state index in [0.717, 1.165) is 102 Å². The van der Waals surface area contributed by atoms with Gasteiger partial charge in [-0.2, -0.15) is 0 Å². The molecular weight excluding hydrogens is 785 g/mol. The molecule has 9 nitrogen and oxygen atoms in total. The first kappa shape index (κ1) is 43.4. The maximum Gasteiger partial charge on any atom is 0.333 e. The van der Waals surface area contributed by atoms with E-state index >= 15 is 0 Å². The molecule has 0 atom stereocenters. The summed E-state index contributed by atoms with van der Waals surface area (Å²) in [4.78, 5) is 72.0. The lowest BCUT2D eigenvalue weighted by atomic mass is 9.82. The summed E-state index contributed by atoms with van der Waals surface area (Å²) < 4.78 is 12.1. The van der Waals surface area contributed by atoms with E-state index in [1.54, 1.807) is 11.8 Å². The molecule has 4 amide bonds. The maximum absolute atomic E-state index is 14.4. The highest BCUT2D eigenvalue weighted by atomic mass is 28.4. The van der Waals surface area contributed by atoms with Crippen LogP contribution in [0.15, 0.2) is 60.7 Å². The fourth-order valence-corrected chi connectivity index (χ4v) is 18.6. The van der Waals surface area contributed by atoms with E-state index in [1.807, 2.05) is 48.5 Å². The van der Waals surface area contributed by atoms with Gasteiger partial charge < -0.3 is 8.85 Å². The second-order valence-electron chi connectivity index (χ2n) is 18.3. The Bertz CT molecular complexity index is 2410. The van der Waals surface area contributed by atoms with Gasteiger partial charge in [-0.3, -0.25) is 29.0 Å². The Kier molecular flexibility index (Phi) is 12.5. The number of carbonyl (C=O) groups excluding carboxylic acids is 5. The van der Waals surface area contributed by atoms with Crippen molar-refractivity contribution < 1.29 is 32.8 Å². The average Bonchev–Trinajstić information content (AvgIpc) is 3.20. The number of amides is 4. The first-order valence-corrected chi connectivity index (χ1v) is 28.3. The molecule has 0 N–H and O–H groups in total. The lowest BCUT2D eigenvalue weighted by molar-refractivity contribution is -0.138. The predicted molar refractivity (Wildman–Crippen MR) is 246 cm³/mol. The molecule has 0 aromatic heterocycles. The third-order valence-electron chi connectivity index (χ3n) is 12.6. The fraction of sp³-hybridized carbons (Fsp3) is 0.449. The van der Waals surface area contributed by atoms with Crippen LogP contribution in [0, 0.1) is 0 Å². The molecule has 2 aliphatic heterocycles. The Balaban J connectivity index is 1.15. The van der Waals surface area contributed by atoms with Crippen LogP contribution in [-0.4, -0.2) is 75.2 Å². The molecule has 0 saturated carbocycles. The molecule has 5 aromatic rings. The van der Waals surface area contributed by atoms with Crippen LogP contribution in [0.3, 0.4) is 0 Å². The van der Waals surface area contributed by atoms with Crippen molar-refractivity contribution in [2.75, 3.05) is 13.2 Å². The minimum absolute atomic E-state index is 0.136. The van der Waals surface area contributed by atoms with Gasteiger partial charge in [0.15, 0.2) is 16.6 Å². The third-order valence-corrected chi connectivity index (χ3v) is 20.2. The molecule has 0 bridgehead atoms. The van der Waals surface area contributed by atoms with E-state index in [9.17, 15) is 24.0 Å². The van der Waals surface area contributed by atoms with E-state index in [4.69, 9.17) is 8.85 Å². The molecule has 60 heavy (non-hydrogen) atoms. The number of hydrogen-bond acceptors (Lipinski definition) is 7. The zero-order valence-electron chi connectivity index (χ0n) is 36.6. The minimum Gasteiger partial charge on any atom is -0.462 e. The van der Waals surface area contributed by atoms with Gasteiger partial charge in [-0.25, -0.2) is 4.79 Å². The zero-order chi connectivity index (χ0) is 43.1. The van der Waals surface area contributed by atoms with E-state index in [1.165, 1.54) is 4.90 Å². The summed E-state index contributed by atoms with van der Waals surface area (Å²) in [7, 11) is -4.20. The second kappa shape index (κ2) is 17.3. The number of ether oxygens (including phenoxy) is 1. The summed E-state index contributed by atoms with van der Waals surface area (Å²) in [6.45, 7) is 19.0. The molecule has 0 saturated heterocycles. The van der Waals surface area contributed by atoms with Gasteiger partial charge in [0.2, 0.25) is 0 Å². The molecule has 0 unspecified atom stereocenters. The van der Waals surface area contributed by atoms with Gasteiger partial charge >= 0.3 is 5.97 Å². The molecule has 2 aliphatic rings. The molecule has 5 aromatic carbocycles. The first-order valence-electron chi connectivity index (χ1n) is 22.1. The zero-order valence-corrected chi connectivity index (χ0v) is 38.6. The maximum atomic E-state index is 14.4. The standard InChI is InChI=1S/C49H60N2O7Si2/c1-9-11-13-17-32(18-14-12-10-2)51-47(54)39-25-21-35-33-19-23-37-43-38(24-20-34(41(33)43)36-22-26-40(48(51)55)44(39)42(35)36)46(53)50(45(37)52)27-15-29-59(5,6)58-60(7,8)30-16-28-57-49(56)31(3)4/h19-26,32H,3,9-18,27-30H2,1-2,4-8H3. The Hall–Kier alpha value is -4.72. The quantitative estimate of drug-likeness (QED) is 0.0146. The molecule has 0 aliphatic carbocycles. The lowest BCUT2D eigenvalue weighted by Gasteiger charge is -2.35. The van der Waals surface area contributed by atoms with Crippen molar-refractivity contribution in [2.24, 2.45) is 0 Å². The predicted octanol–water partition coefficient (Wildman–Crippen LogP) is 11.8. The van der Waals surface area contributed by atoms with Gasteiger partial charge in [0.25, 0.3) is 23.6 Å². The van der Waals surface area contributed by atoms with E-state index in [-0.39, 0.29) is 35.6 Å². The molecule has 316 valence electrons. The number of benzene rings is 5. The molecule has 0 fully saturated rings. The van der Waals surface area contributed by atoms with Crippen molar-refractivity contribution in [3.63, 3.8) is 0 Å². The molecule has 11 heteroatoms. The van der Waals surface area contributed by atoms with Gasteiger partial charge in [-0.05, 0) is 127 Å². The van der Waals surface area contributed by atoms with Crippen LogP contribution in [0.5, 0.6) is 0 Å². The number of carbonyl (C=O) groups is 5.